The van der Waals surface area contributed by atoms with Gasteiger partial charge in [-0.05, 0) is 36.4 Å². The molecule has 1 amide bonds. The number of halogens is 2. The highest BCUT2D eigenvalue weighted by Gasteiger charge is 2.17. The minimum Gasteiger partial charge on any atom is -0.306 e. The highest BCUT2D eigenvalue weighted by atomic mass is 35.5. The summed E-state index contributed by atoms with van der Waals surface area (Å²) >= 11 is 6.22. The number of carbonyl (C=O) groups is 1. The summed E-state index contributed by atoms with van der Waals surface area (Å²) in [5, 5.41) is 16.3. The van der Waals surface area contributed by atoms with Crippen LogP contribution in [0.2, 0.25) is 5.02 Å². The Morgan fingerprint density at radius 3 is 2.63 bits per heavy atom. The van der Waals surface area contributed by atoms with Crippen LogP contribution in [0.3, 0.4) is 0 Å². The van der Waals surface area contributed by atoms with E-state index in [0.29, 0.717) is 17.1 Å². The van der Waals surface area contributed by atoms with E-state index in [9.17, 15) is 14.4 Å². The molecule has 0 aliphatic heterocycles. The van der Waals surface area contributed by atoms with Crippen molar-refractivity contribution in [2.45, 2.75) is 0 Å². The van der Waals surface area contributed by atoms with Gasteiger partial charge < -0.3 is 5.32 Å². The lowest BCUT2D eigenvalue weighted by Crippen LogP contribution is -2.15. The molecule has 1 N–H and O–H groups in total. The number of anilines is 1. The van der Waals surface area contributed by atoms with Crippen LogP contribution in [-0.4, -0.2) is 20.7 Å². The second-order valence-electron chi connectivity index (χ2n) is 6.26. The number of hydrogen-bond acceptors (Lipinski definition) is 4. The average molecular weight is 418 g/mol. The van der Waals surface area contributed by atoms with Crippen molar-refractivity contribution in [3.05, 3.63) is 95.0 Å². The highest BCUT2D eigenvalue weighted by Crippen LogP contribution is 2.27. The molecule has 4 rings (SSSR count). The van der Waals surface area contributed by atoms with Gasteiger partial charge in [0.1, 0.15) is 23.4 Å². The van der Waals surface area contributed by atoms with Crippen LogP contribution in [-0.2, 0) is 0 Å². The first-order chi connectivity index (χ1) is 14.6. The lowest BCUT2D eigenvalue weighted by atomic mass is 10.1. The molecule has 2 aromatic heterocycles. The van der Waals surface area contributed by atoms with Gasteiger partial charge in [0.25, 0.3) is 5.91 Å². The Kier molecular flexibility index (Phi) is 5.24. The molecule has 0 aliphatic rings. The molecule has 0 bridgehead atoms. The third-order valence-electron chi connectivity index (χ3n) is 4.31. The number of carbonyl (C=O) groups excluding carboxylic acids is 1. The van der Waals surface area contributed by atoms with Gasteiger partial charge in [-0.3, -0.25) is 9.78 Å². The van der Waals surface area contributed by atoms with E-state index < -0.39 is 11.7 Å². The second-order valence-corrected chi connectivity index (χ2v) is 6.66. The standard InChI is InChI=1S/C22H13ClFN5O/c23-18-9-8-14(21-19(24)7-4-10-26-21)11-17(18)22(30)27-20-12-15(13-25)28-29(20)16-5-2-1-3-6-16/h1-12H,(H,27,30). The lowest BCUT2D eigenvalue weighted by molar-refractivity contribution is 0.102. The first-order valence-corrected chi connectivity index (χ1v) is 9.22. The number of nitrogens with zero attached hydrogens (tertiary/aromatic N) is 4. The molecule has 4 aromatic rings. The minimum absolute atomic E-state index is 0.115. The molecule has 0 aliphatic carbocycles. The number of pyridine rings is 1. The number of nitriles is 1. The average Bonchev–Trinajstić information content (AvgIpc) is 3.18. The summed E-state index contributed by atoms with van der Waals surface area (Å²) in [6.07, 6.45) is 1.47. The Balaban J connectivity index is 1.70. The SMILES string of the molecule is N#Cc1cc(NC(=O)c2cc(-c3ncccc3F)ccc2Cl)n(-c2ccccc2)n1. The fraction of sp³-hybridized carbons (Fsp3) is 0. The van der Waals surface area contributed by atoms with Gasteiger partial charge in [-0.1, -0.05) is 35.9 Å². The van der Waals surface area contributed by atoms with E-state index in [2.05, 4.69) is 15.4 Å². The summed E-state index contributed by atoms with van der Waals surface area (Å²) in [7, 11) is 0. The van der Waals surface area contributed by atoms with Crippen molar-refractivity contribution in [2.24, 2.45) is 0 Å². The molecule has 0 spiro atoms. The maximum absolute atomic E-state index is 14.1. The zero-order valence-corrected chi connectivity index (χ0v) is 16.1. The smallest absolute Gasteiger partial charge is 0.258 e. The molecule has 0 unspecified atom stereocenters. The van der Waals surface area contributed by atoms with Crippen molar-refractivity contribution in [2.75, 3.05) is 5.32 Å². The minimum atomic E-state index is -0.528. The Morgan fingerprint density at radius 2 is 1.90 bits per heavy atom. The Bertz CT molecular complexity index is 1280. The van der Waals surface area contributed by atoms with E-state index in [0.717, 1.165) is 0 Å². The van der Waals surface area contributed by atoms with E-state index in [1.54, 1.807) is 18.2 Å². The van der Waals surface area contributed by atoms with Crippen molar-refractivity contribution in [1.29, 1.82) is 5.26 Å². The van der Waals surface area contributed by atoms with Crippen molar-refractivity contribution in [3.63, 3.8) is 0 Å². The van der Waals surface area contributed by atoms with Gasteiger partial charge in [0.15, 0.2) is 5.69 Å². The molecule has 6 nitrogen and oxygen atoms in total. The normalized spacial score (nSPS) is 10.4. The molecule has 0 atom stereocenters. The van der Waals surface area contributed by atoms with Crippen LogP contribution in [0, 0.1) is 17.1 Å². The van der Waals surface area contributed by atoms with Gasteiger partial charge in [0.05, 0.1) is 16.3 Å². The van der Waals surface area contributed by atoms with Crippen LogP contribution in [0.5, 0.6) is 0 Å². The van der Waals surface area contributed by atoms with Gasteiger partial charge in [-0.25, -0.2) is 9.07 Å². The molecular formula is C22H13ClFN5O. The third-order valence-corrected chi connectivity index (χ3v) is 4.64. The molecule has 0 radical (unpaired) electrons. The molecule has 2 aromatic carbocycles. The predicted molar refractivity (Wildman–Crippen MR) is 111 cm³/mol. The van der Waals surface area contributed by atoms with Crippen LogP contribution in [0.25, 0.3) is 16.9 Å². The number of para-hydroxylation sites is 1. The molecule has 2 heterocycles. The monoisotopic (exact) mass is 417 g/mol. The van der Waals surface area contributed by atoms with Gasteiger partial charge in [-0.15, -0.1) is 0 Å². The van der Waals surface area contributed by atoms with E-state index in [4.69, 9.17) is 11.6 Å². The second kappa shape index (κ2) is 8.15. The van der Waals surface area contributed by atoms with Crippen LogP contribution in [0.4, 0.5) is 10.2 Å². The molecule has 8 heteroatoms. The molecule has 30 heavy (non-hydrogen) atoms. The molecule has 0 saturated carbocycles. The van der Waals surface area contributed by atoms with Crippen LogP contribution < -0.4 is 5.32 Å². The summed E-state index contributed by atoms with van der Waals surface area (Å²) in [5.74, 6) is -0.736. The number of benzene rings is 2. The van der Waals surface area contributed by atoms with E-state index in [-0.39, 0.29) is 22.0 Å². The van der Waals surface area contributed by atoms with Crippen molar-refractivity contribution >= 4 is 23.3 Å². The van der Waals surface area contributed by atoms with Crippen molar-refractivity contribution in [3.8, 4) is 23.0 Å². The van der Waals surface area contributed by atoms with Gasteiger partial charge >= 0.3 is 0 Å². The topological polar surface area (TPSA) is 83.6 Å². The zero-order chi connectivity index (χ0) is 21.1. The molecular weight excluding hydrogens is 405 g/mol. The van der Waals surface area contributed by atoms with Crippen LogP contribution in [0.1, 0.15) is 16.1 Å². The Labute approximate surface area is 176 Å². The molecule has 0 saturated heterocycles. The number of aromatic nitrogens is 3. The van der Waals surface area contributed by atoms with E-state index in [1.165, 1.54) is 41.2 Å². The quantitative estimate of drug-likeness (QED) is 0.514. The first kappa shape index (κ1) is 19.3. The fourth-order valence-corrected chi connectivity index (χ4v) is 3.12. The first-order valence-electron chi connectivity index (χ1n) is 8.84. The molecule has 146 valence electrons. The lowest BCUT2D eigenvalue weighted by Gasteiger charge is -2.11. The summed E-state index contributed by atoms with van der Waals surface area (Å²) in [5.41, 5.74) is 1.48. The highest BCUT2D eigenvalue weighted by molar-refractivity contribution is 6.34. The van der Waals surface area contributed by atoms with Crippen molar-refractivity contribution in [1.82, 2.24) is 14.8 Å². The Morgan fingerprint density at radius 1 is 1.10 bits per heavy atom. The third kappa shape index (κ3) is 3.77. The fourth-order valence-electron chi connectivity index (χ4n) is 2.92. The van der Waals surface area contributed by atoms with Gasteiger partial charge in [-0.2, -0.15) is 10.4 Å². The number of rotatable bonds is 4. The van der Waals surface area contributed by atoms with Gasteiger partial charge in [0, 0.05) is 17.8 Å². The summed E-state index contributed by atoms with van der Waals surface area (Å²) in [6, 6.07) is 19.8. The van der Waals surface area contributed by atoms with Crippen LogP contribution >= 0.6 is 11.6 Å². The summed E-state index contributed by atoms with van der Waals surface area (Å²) in [4.78, 5) is 17.0. The van der Waals surface area contributed by atoms with Crippen LogP contribution in [0.15, 0.2) is 72.9 Å². The summed E-state index contributed by atoms with van der Waals surface area (Å²) in [6.45, 7) is 0. The maximum atomic E-state index is 14.1. The summed E-state index contributed by atoms with van der Waals surface area (Å²) < 4.78 is 15.6. The number of amides is 1. The van der Waals surface area contributed by atoms with Gasteiger partial charge in [0.2, 0.25) is 0 Å². The largest absolute Gasteiger partial charge is 0.306 e. The zero-order valence-electron chi connectivity index (χ0n) is 15.4. The van der Waals surface area contributed by atoms with E-state index >= 15 is 0 Å². The number of hydrogen-bond donors (Lipinski definition) is 1. The molecule has 0 fully saturated rings. The number of nitrogens with one attached hydrogen (secondary N) is 1. The Hall–Kier alpha value is -4.02. The predicted octanol–water partition coefficient (Wildman–Crippen LogP) is 4.85. The maximum Gasteiger partial charge on any atom is 0.258 e. The van der Waals surface area contributed by atoms with E-state index in [1.807, 2.05) is 24.3 Å². The van der Waals surface area contributed by atoms with Crippen molar-refractivity contribution < 1.29 is 9.18 Å².